The van der Waals surface area contributed by atoms with Crippen molar-refractivity contribution in [1.82, 2.24) is 10.3 Å². The van der Waals surface area contributed by atoms with E-state index < -0.39 is 32.4 Å². The quantitative estimate of drug-likeness (QED) is 0.366. The van der Waals surface area contributed by atoms with Gasteiger partial charge in [0, 0.05) is 30.2 Å². The summed E-state index contributed by atoms with van der Waals surface area (Å²) >= 11 is 7.34. The van der Waals surface area contributed by atoms with Crippen molar-refractivity contribution in [3.8, 4) is 0 Å². The van der Waals surface area contributed by atoms with Gasteiger partial charge in [0.2, 0.25) is 0 Å². The Morgan fingerprint density at radius 3 is 2.79 bits per heavy atom. The van der Waals surface area contributed by atoms with Crippen molar-refractivity contribution < 1.29 is 22.3 Å². The minimum absolute atomic E-state index is 0.00960. The lowest BCUT2D eigenvalue weighted by Gasteiger charge is -2.31. The van der Waals surface area contributed by atoms with Gasteiger partial charge in [-0.2, -0.15) is 0 Å². The fraction of sp³-hybridized carbons (Fsp3) is 0.286. The normalized spacial score (nSPS) is 20.7. The van der Waals surface area contributed by atoms with E-state index in [2.05, 4.69) is 20.3 Å². The number of anilines is 2. The van der Waals surface area contributed by atoms with Gasteiger partial charge >= 0.3 is 0 Å². The average Bonchev–Trinajstić information content (AvgIpc) is 3.38. The fourth-order valence-electron chi connectivity index (χ4n) is 3.88. The van der Waals surface area contributed by atoms with Gasteiger partial charge in [0.05, 0.1) is 16.8 Å². The summed E-state index contributed by atoms with van der Waals surface area (Å²) in [4.78, 5) is 3.23. The van der Waals surface area contributed by atoms with Crippen molar-refractivity contribution in [3.05, 3.63) is 70.2 Å². The highest BCUT2D eigenvalue weighted by Gasteiger charge is 2.38. The molecule has 1 fully saturated rings. The SMILES string of the molecule is O=S(=O)(Nc1nccs1)c1cc(Cl)c(NC[C@]2(Cc3cccc(F)c3)C[C@H](O)CN2)cc1F. The maximum Gasteiger partial charge on any atom is 0.266 e. The summed E-state index contributed by atoms with van der Waals surface area (Å²) in [6.45, 7) is 0.599. The Morgan fingerprint density at radius 1 is 1.30 bits per heavy atom. The number of benzene rings is 2. The molecule has 0 spiro atoms. The molecule has 0 unspecified atom stereocenters. The third kappa shape index (κ3) is 5.61. The summed E-state index contributed by atoms with van der Waals surface area (Å²) in [5.41, 5.74) is 0.305. The minimum Gasteiger partial charge on any atom is -0.392 e. The first-order valence-electron chi connectivity index (χ1n) is 9.99. The number of hydrogen-bond donors (Lipinski definition) is 4. The number of hydrogen-bond acceptors (Lipinski definition) is 7. The van der Waals surface area contributed by atoms with Crippen LogP contribution in [0.2, 0.25) is 5.02 Å². The van der Waals surface area contributed by atoms with E-state index in [0.29, 0.717) is 19.4 Å². The van der Waals surface area contributed by atoms with Crippen LogP contribution in [0.3, 0.4) is 0 Å². The molecule has 12 heteroatoms. The lowest BCUT2D eigenvalue weighted by molar-refractivity contribution is 0.185. The standard InChI is InChI=1S/C21H21ClF2N4O3S2/c22-16-7-19(33(30,31)28-20-25-4-5-32-20)17(24)8-18(16)26-12-21(10-15(29)11-27-21)9-13-2-1-3-14(23)6-13/h1-8,15,26-27,29H,9-12H2,(H,25,28)/t15-,21-/m0/s1. The molecule has 1 saturated heterocycles. The third-order valence-electron chi connectivity index (χ3n) is 5.35. The van der Waals surface area contributed by atoms with E-state index in [9.17, 15) is 22.3 Å². The molecule has 0 aliphatic carbocycles. The highest BCUT2D eigenvalue weighted by molar-refractivity contribution is 7.93. The van der Waals surface area contributed by atoms with Crippen LogP contribution < -0.4 is 15.4 Å². The third-order valence-corrected chi connectivity index (χ3v) is 7.84. The maximum absolute atomic E-state index is 14.8. The molecule has 2 heterocycles. The Labute approximate surface area is 198 Å². The minimum atomic E-state index is -4.22. The van der Waals surface area contributed by atoms with Crippen LogP contribution in [0.5, 0.6) is 0 Å². The Morgan fingerprint density at radius 2 is 2.12 bits per heavy atom. The van der Waals surface area contributed by atoms with Crippen molar-refractivity contribution in [1.29, 1.82) is 0 Å². The first kappa shape index (κ1) is 23.8. The van der Waals surface area contributed by atoms with E-state index in [1.165, 1.54) is 18.3 Å². The molecular formula is C21H21ClF2N4O3S2. The van der Waals surface area contributed by atoms with Gasteiger partial charge < -0.3 is 15.7 Å². The number of thiazole rings is 1. The molecule has 33 heavy (non-hydrogen) atoms. The van der Waals surface area contributed by atoms with Gasteiger partial charge in [0.25, 0.3) is 10.0 Å². The van der Waals surface area contributed by atoms with Crippen molar-refractivity contribution in [2.24, 2.45) is 0 Å². The molecule has 0 saturated carbocycles. The van der Waals surface area contributed by atoms with Crippen LogP contribution in [0.25, 0.3) is 0 Å². The summed E-state index contributed by atoms with van der Waals surface area (Å²) in [5.74, 6) is -1.34. The number of β-amino-alcohol motifs (C(OH)–C–C–N with tert-alkyl or cyclic N) is 1. The van der Waals surface area contributed by atoms with Gasteiger partial charge in [0.1, 0.15) is 16.5 Å². The molecule has 176 valence electrons. The van der Waals surface area contributed by atoms with Crippen LogP contribution in [0.15, 0.2) is 52.9 Å². The molecule has 0 radical (unpaired) electrons. The zero-order valence-electron chi connectivity index (χ0n) is 17.2. The van der Waals surface area contributed by atoms with Gasteiger partial charge in [-0.1, -0.05) is 23.7 Å². The predicted octanol–water partition coefficient (Wildman–Crippen LogP) is 3.62. The Bertz CT molecular complexity index is 1240. The van der Waals surface area contributed by atoms with E-state index in [0.717, 1.165) is 29.0 Å². The predicted molar refractivity (Wildman–Crippen MR) is 124 cm³/mol. The van der Waals surface area contributed by atoms with Crippen molar-refractivity contribution in [3.63, 3.8) is 0 Å². The second kappa shape index (κ2) is 9.51. The van der Waals surface area contributed by atoms with Crippen molar-refractivity contribution in [2.45, 2.75) is 29.4 Å². The second-order valence-electron chi connectivity index (χ2n) is 7.88. The first-order valence-corrected chi connectivity index (χ1v) is 12.7. The van der Waals surface area contributed by atoms with Gasteiger partial charge in [-0.05, 0) is 42.7 Å². The van der Waals surface area contributed by atoms with E-state index in [1.54, 1.807) is 17.5 Å². The molecule has 1 aliphatic rings. The molecule has 1 aliphatic heterocycles. The Balaban J connectivity index is 1.53. The highest BCUT2D eigenvalue weighted by Crippen LogP contribution is 2.31. The monoisotopic (exact) mass is 514 g/mol. The Kier molecular flexibility index (Phi) is 6.87. The van der Waals surface area contributed by atoms with Crippen LogP contribution in [-0.4, -0.2) is 43.2 Å². The number of sulfonamides is 1. The molecule has 4 N–H and O–H groups in total. The average molecular weight is 515 g/mol. The van der Waals surface area contributed by atoms with E-state index >= 15 is 0 Å². The Hall–Kier alpha value is -2.31. The molecule has 0 bridgehead atoms. The smallest absolute Gasteiger partial charge is 0.266 e. The van der Waals surface area contributed by atoms with Crippen LogP contribution >= 0.6 is 22.9 Å². The summed E-state index contributed by atoms with van der Waals surface area (Å²) in [6.07, 6.45) is 1.64. The van der Waals surface area contributed by atoms with Crippen LogP contribution in [0.4, 0.5) is 19.6 Å². The topological polar surface area (TPSA) is 103 Å². The van der Waals surface area contributed by atoms with Gasteiger partial charge in [-0.25, -0.2) is 22.2 Å². The van der Waals surface area contributed by atoms with Crippen molar-refractivity contribution in [2.75, 3.05) is 23.1 Å². The van der Waals surface area contributed by atoms with Gasteiger partial charge in [-0.3, -0.25) is 4.72 Å². The molecular weight excluding hydrogens is 494 g/mol. The lowest BCUT2D eigenvalue weighted by Crippen LogP contribution is -2.48. The number of rotatable bonds is 8. The molecule has 2 atom stereocenters. The van der Waals surface area contributed by atoms with E-state index in [1.807, 2.05) is 0 Å². The fourth-order valence-corrected chi connectivity index (χ4v) is 6.05. The number of aromatic nitrogens is 1. The van der Waals surface area contributed by atoms with Gasteiger partial charge in [0.15, 0.2) is 5.13 Å². The van der Waals surface area contributed by atoms with E-state index in [4.69, 9.17) is 11.6 Å². The van der Waals surface area contributed by atoms with E-state index in [-0.39, 0.29) is 28.2 Å². The maximum atomic E-state index is 14.8. The van der Waals surface area contributed by atoms with Crippen LogP contribution in [-0.2, 0) is 16.4 Å². The first-order chi connectivity index (χ1) is 15.7. The number of nitrogens with zero attached hydrogens (tertiary/aromatic N) is 1. The zero-order chi connectivity index (χ0) is 23.6. The number of aliphatic hydroxyl groups excluding tert-OH is 1. The number of aliphatic hydroxyl groups is 1. The second-order valence-corrected chi connectivity index (χ2v) is 10.8. The molecule has 0 amide bonds. The zero-order valence-corrected chi connectivity index (χ0v) is 19.6. The molecule has 2 aromatic carbocycles. The van der Waals surface area contributed by atoms with Gasteiger partial charge in [-0.15, -0.1) is 11.3 Å². The van der Waals surface area contributed by atoms with Crippen LogP contribution in [0.1, 0.15) is 12.0 Å². The molecule has 4 rings (SSSR count). The largest absolute Gasteiger partial charge is 0.392 e. The summed E-state index contributed by atoms with van der Waals surface area (Å²) in [5, 5.41) is 18.1. The molecule has 1 aromatic heterocycles. The highest BCUT2D eigenvalue weighted by atomic mass is 35.5. The summed E-state index contributed by atoms with van der Waals surface area (Å²) in [7, 11) is -4.22. The van der Waals surface area contributed by atoms with Crippen molar-refractivity contribution >= 4 is 43.8 Å². The summed E-state index contributed by atoms with van der Waals surface area (Å²) < 4.78 is 55.7. The number of nitrogens with one attached hydrogen (secondary N) is 3. The molecule has 3 aromatic rings. The molecule has 7 nitrogen and oxygen atoms in total. The number of halogens is 3. The van der Waals surface area contributed by atoms with Crippen LogP contribution in [0, 0.1) is 11.6 Å². The lowest BCUT2D eigenvalue weighted by atomic mass is 9.88. The summed E-state index contributed by atoms with van der Waals surface area (Å²) in [6, 6.07) is 8.23.